The third-order valence-corrected chi connectivity index (χ3v) is 4.06. The number of likely N-dealkylation sites (N-methyl/N-ethyl adjacent to an activating group) is 1. The second kappa shape index (κ2) is 7.35. The van der Waals surface area contributed by atoms with Gasteiger partial charge in [0.2, 0.25) is 11.7 Å². The van der Waals surface area contributed by atoms with Crippen LogP contribution < -0.4 is 19.5 Å². The monoisotopic (exact) mass is 308 g/mol. The molecule has 22 heavy (non-hydrogen) atoms. The molecule has 122 valence electrons. The van der Waals surface area contributed by atoms with Gasteiger partial charge in [0.25, 0.3) is 0 Å². The van der Waals surface area contributed by atoms with Crippen molar-refractivity contribution in [3.05, 3.63) is 17.7 Å². The van der Waals surface area contributed by atoms with Gasteiger partial charge in [-0.05, 0) is 30.7 Å². The summed E-state index contributed by atoms with van der Waals surface area (Å²) in [6, 6.07) is 3.91. The molecule has 1 fully saturated rings. The van der Waals surface area contributed by atoms with Crippen LogP contribution in [0.15, 0.2) is 12.1 Å². The summed E-state index contributed by atoms with van der Waals surface area (Å²) in [5.41, 5.74) is 0.845. The number of ether oxygens (including phenoxy) is 3. The maximum absolute atomic E-state index is 12.4. The standard InChI is InChI=1S/C16H24N2O4/c1-18(12-5-6-17-10-12)15(19)9-11-7-13(20-2)16(22-4)14(8-11)21-3/h7-8,12,17H,5-6,9-10H2,1-4H3. The van der Waals surface area contributed by atoms with E-state index in [0.29, 0.717) is 23.7 Å². The lowest BCUT2D eigenvalue weighted by Crippen LogP contribution is -2.39. The van der Waals surface area contributed by atoms with Crippen molar-refractivity contribution in [2.45, 2.75) is 18.9 Å². The first-order chi connectivity index (χ1) is 10.6. The lowest BCUT2D eigenvalue weighted by atomic mass is 10.1. The maximum Gasteiger partial charge on any atom is 0.227 e. The van der Waals surface area contributed by atoms with E-state index in [1.165, 1.54) is 0 Å². The maximum atomic E-state index is 12.4. The normalized spacial score (nSPS) is 17.2. The molecule has 1 atom stereocenters. The molecular formula is C16H24N2O4. The van der Waals surface area contributed by atoms with Gasteiger partial charge >= 0.3 is 0 Å². The van der Waals surface area contributed by atoms with Crippen molar-refractivity contribution in [1.82, 2.24) is 10.2 Å². The number of benzene rings is 1. The van der Waals surface area contributed by atoms with Gasteiger partial charge < -0.3 is 24.4 Å². The Bertz CT molecular complexity index is 502. The van der Waals surface area contributed by atoms with Crippen molar-refractivity contribution in [3.63, 3.8) is 0 Å². The number of hydrogen-bond acceptors (Lipinski definition) is 5. The van der Waals surface area contributed by atoms with Crippen molar-refractivity contribution < 1.29 is 19.0 Å². The SMILES string of the molecule is COc1cc(CC(=O)N(C)C2CCNC2)cc(OC)c1OC. The molecule has 1 saturated heterocycles. The summed E-state index contributed by atoms with van der Waals surface area (Å²) in [4.78, 5) is 14.3. The predicted octanol–water partition coefficient (Wildman–Crippen LogP) is 1.08. The highest BCUT2D eigenvalue weighted by Crippen LogP contribution is 2.38. The summed E-state index contributed by atoms with van der Waals surface area (Å²) in [7, 11) is 6.56. The van der Waals surface area contributed by atoms with Gasteiger partial charge in [-0.3, -0.25) is 4.79 Å². The van der Waals surface area contributed by atoms with Crippen molar-refractivity contribution in [2.75, 3.05) is 41.5 Å². The highest BCUT2D eigenvalue weighted by atomic mass is 16.5. The van der Waals surface area contributed by atoms with Crippen LogP contribution in [0.1, 0.15) is 12.0 Å². The average molecular weight is 308 g/mol. The largest absolute Gasteiger partial charge is 0.493 e. The van der Waals surface area contributed by atoms with Crippen molar-refractivity contribution in [1.29, 1.82) is 0 Å². The van der Waals surface area contributed by atoms with Gasteiger partial charge in [-0.2, -0.15) is 0 Å². The second-order valence-electron chi connectivity index (χ2n) is 5.36. The molecule has 1 aliphatic heterocycles. The van der Waals surface area contributed by atoms with Crippen molar-refractivity contribution >= 4 is 5.91 Å². The summed E-state index contributed by atoms with van der Waals surface area (Å²) in [5.74, 6) is 1.75. The van der Waals surface area contributed by atoms with E-state index in [0.717, 1.165) is 25.1 Å². The first-order valence-corrected chi connectivity index (χ1v) is 7.36. The number of nitrogens with one attached hydrogen (secondary N) is 1. The van der Waals surface area contributed by atoms with Crippen LogP contribution in [0.5, 0.6) is 17.2 Å². The Morgan fingerprint density at radius 3 is 2.32 bits per heavy atom. The number of carbonyl (C=O) groups excluding carboxylic acids is 1. The van der Waals surface area contributed by atoms with Crippen LogP contribution in [-0.4, -0.2) is 58.3 Å². The minimum absolute atomic E-state index is 0.0861. The molecule has 1 unspecified atom stereocenters. The number of methoxy groups -OCH3 is 3. The van der Waals surface area contributed by atoms with Crippen LogP contribution >= 0.6 is 0 Å². The Morgan fingerprint density at radius 2 is 1.86 bits per heavy atom. The Balaban J connectivity index is 2.16. The van der Waals surface area contributed by atoms with Crippen LogP contribution in [0, 0.1) is 0 Å². The summed E-state index contributed by atoms with van der Waals surface area (Å²) in [5, 5.41) is 3.27. The smallest absolute Gasteiger partial charge is 0.227 e. The number of nitrogens with zero attached hydrogens (tertiary/aromatic N) is 1. The zero-order valence-electron chi connectivity index (χ0n) is 13.6. The van der Waals surface area contributed by atoms with Crippen LogP contribution in [0.25, 0.3) is 0 Å². The number of hydrogen-bond donors (Lipinski definition) is 1. The molecule has 1 heterocycles. The summed E-state index contributed by atoms with van der Waals surface area (Å²) in [6.45, 7) is 1.82. The first kappa shape index (κ1) is 16.4. The second-order valence-corrected chi connectivity index (χ2v) is 5.36. The van der Waals surface area contributed by atoms with Crippen molar-refractivity contribution in [2.24, 2.45) is 0 Å². The zero-order valence-corrected chi connectivity index (χ0v) is 13.6. The van der Waals surface area contributed by atoms with E-state index >= 15 is 0 Å². The molecule has 0 spiro atoms. The summed E-state index contributed by atoms with van der Waals surface area (Å²) < 4.78 is 15.9. The van der Waals surface area contributed by atoms with E-state index in [1.54, 1.807) is 21.3 Å². The molecule has 1 aliphatic rings. The quantitative estimate of drug-likeness (QED) is 0.852. The van der Waals surface area contributed by atoms with E-state index < -0.39 is 0 Å². The van der Waals surface area contributed by atoms with Gasteiger partial charge in [-0.15, -0.1) is 0 Å². The molecule has 0 bridgehead atoms. The molecule has 1 N–H and O–H groups in total. The molecule has 1 aromatic carbocycles. The van der Waals surface area contributed by atoms with Gasteiger partial charge in [-0.1, -0.05) is 0 Å². The van der Waals surface area contributed by atoms with E-state index in [9.17, 15) is 4.79 Å². The molecule has 1 amide bonds. The third kappa shape index (κ3) is 3.44. The van der Waals surface area contributed by atoms with E-state index in [-0.39, 0.29) is 11.9 Å². The average Bonchev–Trinajstić information content (AvgIpc) is 3.07. The number of rotatable bonds is 6. The van der Waals surface area contributed by atoms with Gasteiger partial charge in [0, 0.05) is 19.6 Å². The van der Waals surface area contributed by atoms with Gasteiger partial charge in [0.1, 0.15) is 0 Å². The van der Waals surface area contributed by atoms with Gasteiger partial charge in [0.05, 0.1) is 27.8 Å². The van der Waals surface area contributed by atoms with E-state index in [1.807, 2.05) is 24.1 Å². The lowest BCUT2D eigenvalue weighted by molar-refractivity contribution is -0.130. The Morgan fingerprint density at radius 1 is 1.23 bits per heavy atom. The van der Waals surface area contributed by atoms with Gasteiger partial charge in [-0.25, -0.2) is 0 Å². The van der Waals surface area contributed by atoms with Crippen LogP contribution in [0.4, 0.5) is 0 Å². The molecule has 1 aromatic rings. The highest BCUT2D eigenvalue weighted by molar-refractivity contribution is 5.79. The summed E-state index contributed by atoms with van der Waals surface area (Å²) in [6.07, 6.45) is 1.31. The van der Waals surface area contributed by atoms with Crippen molar-refractivity contribution in [3.8, 4) is 17.2 Å². The topological polar surface area (TPSA) is 60.0 Å². The molecule has 0 aliphatic carbocycles. The highest BCUT2D eigenvalue weighted by Gasteiger charge is 2.24. The molecule has 2 rings (SSSR count). The van der Waals surface area contributed by atoms with Crippen LogP contribution in [0.3, 0.4) is 0 Å². The Hall–Kier alpha value is -1.95. The predicted molar refractivity (Wildman–Crippen MR) is 83.8 cm³/mol. The van der Waals surface area contributed by atoms with Gasteiger partial charge in [0.15, 0.2) is 11.5 Å². The molecule has 6 heteroatoms. The number of amides is 1. The van der Waals surface area contributed by atoms with E-state index in [2.05, 4.69) is 5.32 Å². The molecule has 0 radical (unpaired) electrons. The first-order valence-electron chi connectivity index (χ1n) is 7.36. The molecule has 0 saturated carbocycles. The zero-order chi connectivity index (χ0) is 16.1. The third-order valence-electron chi connectivity index (χ3n) is 4.06. The lowest BCUT2D eigenvalue weighted by Gasteiger charge is -2.24. The van der Waals surface area contributed by atoms with Crippen LogP contribution in [-0.2, 0) is 11.2 Å². The minimum atomic E-state index is 0.0861. The van der Waals surface area contributed by atoms with E-state index in [4.69, 9.17) is 14.2 Å². The fraction of sp³-hybridized carbons (Fsp3) is 0.562. The fourth-order valence-corrected chi connectivity index (χ4v) is 2.71. The summed E-state index contributed by atoms with van der Waals surface area (Å²) >= 11 is 0. The fourth-order valence-electron chi connectivity index (χ4n) is 2.71. The molecule has 0 aromatic heterocycles. The van der Waals surface area contributed by atoms with Crippen LogP contribution in [0.2, 0.25) is 0 Å². The number of carbonyl (C=O) groups is 1. The Labute approximate surface area is 131 Å². The minimum Gasteiger partial charge on any atom is -0.493 e. The Kier molecular flexibility index (Phi) is 5.49. The molecule has 6 nitrogen and oxygen atoms in total. The molecular weight excluding hydrogens is 284 g/mol.